The zero-order valence-corrected chi connectivity index (χ0v) is 10.9. The molecule has 20 heavy (non-hydrogen) atoms. The fourth-order valence-electron chi connectivity index (χ4n) is 1.76. The number of aryl methyl sites for hydroxylation is 1. The van der Waals surface area contributed by atoms with Crippen LogP contribution in [0.4, 0.5) is 4.39 Å². The van der Waals surface area contributed by atoms with Gasteiger partial charge >= 0.3 is 0 Å². The van der Waals surface area contributed by atoms with Gasteiger partial charge in [0.15, 0.2) is 0 Å². The Morgan fingerprint density at radius 2 is 1.75 bits per heavy atom. The van der Waals surface area contributed by atoms with E-state index in [1.54, 1.807) is 12.1 Å². The molecule has 3 nitrogen and oxygen atoms in total. The van der Waals surface area contributed by atoms with Gasteiger partial charge in [-0.25, -0.2) is 4.39 Å². The summed E-state index contributed by atoms with van der Waals surface area (Å²) >= 11 is 0. The number of hydrogen-bond donors (Lipinski definition) is 1. The molecule has 0 saturated heterocycles. The molecule has 100 valence electrons. The minimum atomic E-state index is -0.801. The molecular formula is C16H13FN2O. The van der Waals surface area contributed by atoms with Crippen LogP contribution in [0.15, 0.2) is 48.5 Å². The molecular weight excluding hydrogens is 255 g/mol. The monoisotopic (exact) mass is 268 g/mol. The van der Waals surface area contributed by atoms with Gasteiger partial charge in [-0.2, -0.15) is 5.26 Å². The lowest BCUT2D eigenvalue weighted by Crippen LogP contribution is -2.27. The molecule has 0 radical (unpaired) electrons. The van der Waals surface area contributed by atoms with Crippen molar-refractivity contribution in [1.82, 2.24) is 5.32 Å². The summed E-state index contributed by atoms with van der Waals surface area (Å²) in [6, 6.07) is 13.7. The number of hydrogen-bond acceptors (Lipinski definition) is 2. The highest BCUT2D eigenvalue weighted by Gasteiger charge is 2.14. The van der Waals surface area contributed by atoms with Crippen molar-refractivity contribution in [3.63, 3.8) is 0 Å². The summed E-state index contributed by atoms with van der Waals surface area (Å²) in [5.41, 5.74) is 2.09. The number of amides is 1. The van der Waals surface area contributed by atoms with E-state index in [2.05, 4.69) is 5.32 Å². The van der Waals surface area contributed by atoms with Crippen molar-refractivity contribution in [3.05, 3.63) is 71.0 Å². The molecule has 1 atom stereocenters. The van der Waals surface area contributed by atoms with Crippen molar-refractivity contribution in [2.24, 2.45) is 0 Å². The molecule has 0 heterocycles. The molecule has 4 heteroatoms. The van der Waals surface area contributed by atoms with Gasteiger partial charge in [0.05, 0.1) is 6.07 Å². The van der Waals surface area contributed by atoms with Crippen molar-refractivity contribution >= 4 is 5.91 Å². The third kappa shape index (κ3) is 3.21. The van der Waals surface area contributed by atoms with Crippen LogP contribution in [0.2, 0.25) is 0 Å². The fraction of sp³-hybridized carbons (Fsp3) is 0.125. The fourth-order valence-corrected chi connectivity index (χ4v) is 1.76. The average Bonchev–Trinajstić information content (AvgIpc) is 2.46. The molecule has 2 aromatic carbocycles. The molecule has 1 amide bonds. The maximum absolute atomic E-state index is 12.8. The van der Waals surface area contributed by atoms with E-state index in [4.69, 9.17) is 5.26 Å². The van der Waals surface area contributed by atoms with Crippen molar-refractivity contribution in [2.45, 2.75) is 13.0 Å². The van der Waals surface area contributed by atoms with E-state index in [1.165, 1.54) is 24.3 Å². The van der Waals surface area contributed by atoms with Crippen LogP contribution in [0.1, 0.15) is 27.5 Å². The molecule has 0 bridgehead atoms. The second-order valence-electron chi connectivity index (χ2n) is 4.45. The summed E-state index contributed by atoms with van der Waals surface area (Å²) in [6.45, 7) is 1.93. The highest BCUT2D eigenvalue weighted by Crippen LogP contribution is 2.14. The quantitative estimate of drug-likeness (QED) is 0.929. The van der Waals surface area contributed by atoms with Crippen LogP contribution in [-0.4, -0.2) is 5.91 Å². The Morgan fingerprint density at radius 1 is 1.15 bits per heavy atom. The number of carbonyl (C=O) groups excluding carboxylic acids is 1. The van der Waals surface area contributed by atoms with Gasteiger partial charge in [0.2, 0.25) is 0 Å². The molecule has 2 rings (SSSR count). The zero-order valence-electron chi connectivity index (χ0n) is 10.9. The number of halogens is 1. The molecule has 0 aromatic heterocycles. The van der Waals surface area contributed by atoms with E-state index in [0.717, 1.165) is 5.56 Å². The Morgan fingerprint density at radius 3 is 2.30 bits per heavy atom. The normalized spacial score (nSPS) is 11.4. The molecule has 0 saturated carbocycles. The Kier molecular flexibility index (Phi) is 4.11. The van der Waals surface area contributed by atoms with Crippen LogP contribution in [0.3, 0.4) is 0 Å². The second-order valence-corrected chi connectivity index (χ2v) is 4.45. The van der Waals surface area contributed by atoms with Crippen LogP contribution in [0.5, 0.6) is 0 Å². The van der Waals surface area contributed by atoms with Crippen molar-refractivity contribution in [3.8, 4) is 6.07 Å². The van der Waals surface area contributed by atoms with Gasteiger partial charge in [-0.15, -0.1) is 0 Å². The molecule has 0 fully saturated rings. The lowest BCUT2D eigenvalue weighted by molar-refractivity contribution is 0.0945. The predicted octanol–water partition coefficient (Wildman–Crippen LogP) is 3.13. The average molecular weight is 268 g/mol. The maximum atomic E-state index is 12.8. The standard InChI is InChI=1S/C16H13FN2O/c1-11-2-4-13(5-3-11)16(20)19-15(10-18)12-6-8-14(17)9-7-12/h2-9,15H,1H3,(H,19,20)/t15-/m0/s1. The predicted molar refractivity (Wildman–Crippen MR) is 73.4 cm³/mol. The minimum Gasteiger partial charge on any atom is -0.333 e. The first-order chi connectivity index (χ1) is 9.60. The van der Waals surface area contributed by atoms with E-state index in [9.17, 15) is 9.18 Å². The number of nitrogens with one attached hydrogen (secondary N) is 1. The van der Waals surface area contributed by atoms with E-state index in [1.807, 2.05) is 25.1 Å². The SMILES string of the molecule is Cc1ccc(C(=O)N[C@@H](C#N)c2ccc(F)cc2)cc1. The molecule has 1 N–H and O–H groups in total. The number of nitrogens with zero attached hydrogens (tertiary/aromatic N) is 1. The maximum Gasteiger partial charge on any atom is 0.252 e. The number of rotatable bonds is 3. The largest absolute Gasteiger partial charge is 0.333 e. The van der Waals surface area contributed by atoms with Crippen molar-refractivity contribution in [2.75, 3.05) is 0 Å². The van der Waals surface area contributed by atoms with E-state index in [0.29, 0.717) is 11.1 Å². The molecule has 0 aliphatic heterocycles. The first-order valence-electron chi connectivity index (χ1n) is 6.13. The molecule has 0 unspecified atom stereocenters. The topological polar surface area (TPSA) is 52.9 Å². The van der Waals surface area contributed by atoms with E-state index >= 15 is 0 Å². The van der Waals surface area contributed by atoms with Crippen LogP contribution in [0, 0.1) is 24.1 Å². The summed E-state index contributed by atoms with van der Waals surface area (Å²) in [7, 11) is 0. The highest BCUT2D eigenvalue weighted by atomic mass is 19.1. The third-order valence-corrected chi connectivity index (χ3v) is 2.92. The van der Waals surface area contributed by atoms with Gasteiger partial charge in [0.25, 0.3) is 5.91 Å². The summed E-state index contributed by atoms with van der Waals surface area (Å²) in [4.78, 5) is 12.0. The lowest BCUT2D eigenvalue weighted by atomic mass is 10.1. The van der Waals surface area contributed by atoms with Gasteiger partial charge in [-0.3, -0.25) is 4.79 Å². The minimum absolute atomic E-state index is 0.333. The van der Waals surface area contributed by atoms with Crippen LogP contribution in [0.25, 0.3) is 0 Å². The first-order valence-corrected chi connectivity index (χ1v) is 6.13. The van der Waals surface area contributed by atoms with Crippen LogP contribution < -0.4 is 5.32 Å². The zero-order chi connectivity index (χ0) is 14.5. The summed E-state index contributed by atoms with van der Waals surface area (Å²) in [5.74, 6) is -0.712. The Bertz CT molecular complexity index is 642. The molecule has 2 aromatic rings. The Labute approximate surface area is 116 Å². The number of carbonyl (C=O) groups is 1. The Hall–Kier alpha value is -2.67. The van der Waals surface area contributed by atoms with Gasteiger partial charge in [-0.1, -0.05) is 29.8 Å². The molecule has 0 spiro atoms. The number of nitriles is 1. The molecule has 0 aliphatic rings. The number of benzene rings is 2. The van der Waals surface area contributed by atoms with Crippen molar-refractivity contribution < 1.29 is 9.18 Å². The lowest BCUT2D eigenvalue weighted by Gasteiger charge is -2.12. The van der Waals surface area contributed by atoms with Gasteiger partial charge in [0, 0.05) is 5.56 Å². The van der Waals surface area contributed by atoms with E-state index < -0.39 is 6.04 Å². The smallest absolute Gasteiger partial charge is 0.252 e. The molecule has 0 aliphatic carbocycles. The summed E-state index contributed by atoms with van der Waals surface area (Å²) in [5, 5.41) is 11.7. The van der Waals surface area contributed by atoms with E-state index in [-0.39, 0.29) is 11.7 Å². The second kappa shape index (κ2) is 5.98. The summed E-state index contributed by atoms with van der Waals surface area (Å²) < 4.78 is 12.8. The van der Waals surface area contributed by atoms with Gasteiger partial charge in [0.1, 0.15) is 11.9 Å². The van der Waals surface area contributed by atoms with Gasteiger partial charge in [-0.05, 0) is 36.8 Å². The first kappa shape index (κ1) is 13.8. The summed E-state index contributed by atoms with van der Waals surface area (Å²) in [6.07, 6.45) is 0. The Balaban J connectivity index is 2.14. The third-order valence-electron chi connectivity index (χ3n) is 2.92. The van der Waals surface area contributed by atoms with Crippen LogP contribution in [-0.2, 0) is 0 Å². The van der Waals surface area contributed by atoms with Crippen molar-refractivity contribution in [1.29, 1.82) is 5.26 Å². The highest BCUT2D eigenvalue weighted by molar-refractivity contribution is 5.94. The van der Waals surface area contributed by atoms with Gasteiger partial charge < -0.3 is 5.32 Å². The van der Waals surface area contributed by atoms with Crippen LogP contribution >= 0.6 is 0 Å².